The largest absolute Gasteiger partial charge is 0.507 e. The minimum Gasteiger partial charge on any atom is -0.507 e. The van der Waals surface area contributed by atoms with Gasteiger partial charge in [0.2, 0.25) is 0 Å². The normalized spacial score (nSPS) is 11.5. The Bertz CT molecular complexity index is 1680. The van der Waals surface area contributed by atoms with Gasteiger partial charge in [-0.05, 0) is 48.4 Å². The van der Waals surface area contributed by atoms with Gasteiger partial charge in [0.1, 0.15) is 28.4 Å². The predicted molar refractivity (Wildman–Crippen MR) is 164 cm³/mol. The second kappa shape index (κ2) is 13.4. The summed E-state index contributed by atoms with van der Waals surface area (Å²) in [5.41, 5.74) is -1.13. The van der Waals surface area contributed by atoms with E-state index in [0.29, 0.717) is 28.7 Å². The standard InChI is InChI=1S/C35H36O7/c1-2-3-4-5-6-7-8-13-21-40-24-16-14-15-23(22-24)29(30-32(36)25-17-9-11-19-27(25)41-34(30)38)31-33(37)26-18-10-12-20-28(26)42-35(31)39/h9-12,14-20,22,29,36-37H,2-8,13,21H2,1H3. The summed E-state index contributed by atoms with van der Waals surface area (Å²) in [5, 5.41) is 23.4. The quantitative estimate of drug-likeness (QED) is 0.109. The zero-order chi connectivity index (χ0) is 29.5. The number of benzene rings is 3. The van der Waals surface area contributed by atoms with Gasteiger partial charge in [-0.2, -0.15) is 0 Å². The van der Waals surface area contributed by atoms with Crippen molar-refractivity contribution < 1.29 is 23.8 Å². The molecule has 5 rings (SSSR count). The summed E-state index contributed by atoms with van der Waals surface area (Å²) < 4.78 is 17.2. The fraction of sp³-hybridized carbons (Fsp3) is 0.314. The average Bonchev–Trinajstić information content (AvgIpc) is 2.99. The van der Waals surface area contributed by atoms with Gasteiger partial charge in [0.15, 0.2) is 0 Å². The summed E-state index contributed by atoms with van der Waals surface area (Å²) in [6.45, 7) is 2.74. The molecule has 0 spiro atoms. The van der Waals surface area contributed by atoms with E-state index in [2.05, 4.69) is 6.92 Å². The molecule has 42 heavy (non-hydrogen) atoms. The van der Waals surface area contributed by atoms with E-state index in [0.717, 1.165) is 12.8 Å². The van der Waals surface area contributed by atoms with Crippen LogP contribution in [0.15, 0.2) is 91.2 Å². The van der Waals surface area contributed by atoms with Gasteiger partial charge in [-0.25, -0.2) is 9.59 Å². The summed E-state index contributed by atoms with van der Waals surface area (Å²) >= 11 is 0. The lowest BCUT2D eigenvalue weighted by molar-refractivity contribution is 0.304. The molecule has 0 aliphatic heterocycles. The maximum absolute atomic E-state index is 13.4. The van der Waals surface area contributed by atoms with Crippen LogP contribution in [0.25, 0.3) is 21.9 Å². The van der Waals surface area contributed by atoms with Crippen LogP contribution in [0.2, 0.25) is 0 Å². The van der Waals surface area contributed by atoms with Crippen LogP contribution in [0, 0.1) is 0 Å². The Morgan fingerprint density at radius 2 is 1.19 bits per heavy atom. The molecule has 2 N–H and O–H groups in total. The first kappa shape index (κ1) is 29.0. The van der Waals surface area contributed by atoms with Crippen LogP contribution in [0.5, 0.6) is 17.2 Å². The Labute approximate surface area is 244 Å². The summed E-state index contributed by atoms with van der Waals surface area (Å²) in [7, 11) is 0. The topological polar surface area (TPSA) is 110 Å². The number of fused-ring (bicyclic) bond motifs is 2. The lowest BCUT2D eigenvalue weighted by Crippen LogP contribution is -2.21. The van der Waals surface area contributed by atoms with E-state index in [1.807, 2.05) is 0 Å². The molecule has 2 aromatic heterocycles. The molecule has 5 aromatic rings. The molecule has 0 bridgehead atoms. The average molecular weight is 569 g/mol. The van der Waals surface area contributed by atoms with Crippen LogP contribution in [0.4, 0.5) is 0 Å². The van der Waals surface area contributed by atoms with Gasteiger partial charge in [0, 0.05) is 0 Å². The fourth-order valence-corrected chi connectivity index (χ4v) is 5.49. The molecule has 0 fully saturated rings. The molecule has 0 radical (unpaired) electrons. The molecule has 7 nitrogen and oxygen atoms in total. The molecule has 3 aromatic carbocycles. The molecular weight excluding hydrogens is 532 g/mol. The van der Waals surface area contributed by atoms with Crippen molar-refractivity contribution in [3.8, 4) is 17.2 Å². The SMILES string of the molecule is CCCCCCCCCCOc1cccc(C(c2c(O)c3ccccc3oc2=O)c2c(O)c3ccccc3oc2=O)c1. The summed E-state index contributed by atoms with van der Waals surface area (Å²) in [6.07, 6.45) is 9.47. The second-order valence-electron chi connectivity index (χ2n) is 10.6. The number of ether oxygens (including phenoxy) is 1. The van der Waals surface area contributed by atoms with Crippen molar-refractivity contribution >= 4 is 21.9 Å². The lowest BCUT2D eigenvalue weighted by Gasteiger charge is -2.20. The van der Waals surface area contributed by atoms with Gasteiger partial charge in [0.05, 0.1) is 34.4 Å². The van der Waals surface area contributed by atoms with Crippen molar-refractivity contribution in [2.45, 2.75) is 64.2 Å². The fourth-order valence-electron chi connectivity index (χ4n) is 5.49. The van der Waals surface area contributed by atoms with Gasteiger partial charge in [0.25, 0.3) is 0 Å². The molecule has 0 aliphatic rings. The molecule has 0 unspecified atom stereocenters. The maximum atomic E-state index is 13.4. The van der Waals surface area contributed by atoms with Crippen molar-refractivity contribution in [2.75, 3.05) is 6.61 Å². The summed E-state index contributed by atoms with van der Waals surface area (Å²) in [4.78, 5) is 26.8. The molecule has 0 saturated carbocycles. The number of hydrogen-bond acceptors (Lipinski definition) is 7. The first-order valence-electron chi connectivity index (χ1n) is 14.7. The molecule has 0 atom stereocenters. The van der Waals surface area contributed by atoms with Crippen molar-refractivity contribution in [2.24, 2.45) is 0 Å². The molecule has 0 aliphatic carbocycles. The van der Waals surface area contributed by atoms with E-state index in [-0.39, 0.29) is 33.8 Å². The Hall–Kier alpha value is -4.52. The minimum absolute atomic E-state index is 0.174. The smallest absolute Gasteiger partial charge is 0.344 e. The molecule has 218 valence electrons. The number of rotatable bonds is 13. The van der Waals surface area contributed by atoms with Crippen LogP contribution in [0.1, 0.15) is 80.9 Å². The second-order valence-corrected chi connectivity index (χ2v) is 10.6. The van der Waals surface area contributed by atoms with E-state index in [9.17, 15) is 19.8 Å². The first-order chi connectivity index (χ1) is 20.5. The zero-order valence-electron chi connectivity index (χ0n) is 23.8. The van der Waals surface area contributed by atoms with Crippen molar-refractivity contribution in [1.82, 2.24) is 0 Å². The lowest BCUT2D eigenvalue weighted by atomic mass is 9.84. The van der Waals surface area contributed by atoms with Crippen molar-refractivity contribution in [3.63, 3.8) is 0 Å². The van der Waals surface area contributed by atoms with Crippen LogP contribution < -0.4 is 16.0 Å². The Kier molecular flexibility index (Phi) is 9.27. The van der Waals surface area contributed by atoms with Crippen molar-refractivity contribution in [3.05, 3.63) is 110 Å². The predicted octanol–water partition coefficient (Wildman–Crippen LogP) is 8.01. The summed E-state index contributed by atoms with van der Waals surface area (Å²) in [6, 6.07) is 20.2. The minimum atomic E-state index is -1.20. The number of aromatic hydroxyl groups is 2. The van der Waals surface area contributed by atoms with E-state index < -0.39 is 17.2 Å². The Morgan fingerprint density at radius 3 is 1.76 bits per heavy atom. The first-order valence-corrected chi connectivity index (χ1v) is 14.7. The molecule has 0 saturated heterocycles. The van der Waals surface area contributed by atoms with Crippen LogP contribution in [-0.2, 0) is 0 Å². The Morgan fingerprint density at radius 1 is 0.667 bits per heavy atom. The number of unbranched alkanes of at least 4 members (excludes halogenated alkanes) is 7. The Balaban J connectivity index is 1.51. The van der Waals surface area contributed by atoms with E-state index >= 15 is 0 Å². The van der Waals surface area contributed by atoms with E-state index in [1.54, 1.807) is 72.8 Å². The highest BCUT2D eigenvalue weighted by Gasteiger charge is 2.32. The zero-order valence-corrected chi connectivity index (χ0v) is 23.8. The van der Waals surface area contributed by atoms with Crippen LogP contribution in [0.3, 0.4) is 0 Å². The van der Waals surface area contributed by atoms with Crippen LogP contribution in [-0.4, -0.2) is 16.8 Å². The highest BCUT2D eigenvalue weighted by atomic mass is 16.5. The number of para-hydroxylation sites is 2. The van der Waals surface area contributed by atoms with E-state index in [1.165, 1.54) is 38.5 Å². The van der Waals surface area contributed by atoms with Gasteiger partial charge in [-0.15, -0.1) is 0 Å². The third-order valence-corrected chi connectivity index (χ3v) is 7.68. The highest BCUT2D eigenvalue weighted by molar-refractivity contribution is 5.87. The van der Waals surface area contributed by atoms with Gasteiger partial charge in [-0.1, -0.05) is 88.3 Å². The molecular formula is C35H36O7. The van der Waals surface area contributed by atoms with Gasteiger partial charge < -0.3 is 23.8 Å². The maximum Gasteiger partial charge on any atom is 0.344 e. The molecule has 2 heterocycles. The van der Waals surface area contributed by atoms with Crippen molar-refractivity contribution in [1.29, 1.82) is 0 Å². The monoisotopic (exact) mass is 568 g/mol. The molecule has 0 amide bonds. The molecule has 7 heteroatoms. The van der Waals surface area contributed by atoms with Gasteiger partial charge >= 0.3 is 11.3 Å². The third kappa shape index (κ3) is 6.20. The highest BCUT2D eigenvalue weighted by Crippen LogP contribution is 2.42. The van der Waals surface area contributed by atoms with Gasteiger partial charge in [-0.3, -0.25) is 0 Å². The van der Waals surface area contributed by atoms with E-state index in [4.69, 9.17) is 13.6 Å². The number of hydrogen-bond donors (Lipinski definition) is 2. The third-order valence-electron chi connectivity index (χ3n) is 7.68. The summed E-state index contributed by atoms with van der Waals surface area (Å²) in [5.74, 6) is -1.30. The van der Waals surface area contributed by atoms with Crippen LogP contribution >= 0.6 is 0 Å².